The lowest BCUT2D eigenvalue weighted by Crippen LogP contribution is -2.23. The van der Waals surface area contributed by atoms with Crippen LogP contribution in [0.1, 0.15) is 22.9 Å². The zero-order chi connectivity index (χ0) is 16.3. The van der Waals surface area contributed by atoms with Crippen LogP contribution in [0.5, 0.6) is 0 Å². The molecular formula is C15H18N2O3S2. The molecular weight excluding hydrogens is 320 g/mol. The first-order valence-corrected chi connectivity index (χ1v) is 9.07. The van der Waals surface area contributed by atoms with Gasteiger partial charge in [0.1, 0.15) is 0 Å². The van der Waals surface area contributed by atoms with Crippen molar-refractivity contribution in [3.63, 3.8) is 0 Å². The van der Waals surface area contributed by atoms with Crippen LogP contribution in [0.2, 0.25) is 0 Å². The normalized spacial score (nSPS) is 11.4. The zero-order valence-electron chi connectivity index (χ0n) is 12.6. The zero-order valence-corrected chi connectivity index (χ0v) is 14.3. The number of thiophene rings is 1. The fourth-order valence-corrected chi connectivity index (χ4v) is 3.88. The Morgan fingerprint density at radius 2 is 1.91 bits per heavy atom. The smallest absolute Gasteiger partial charge is 0.240 e. The van der Waals surface area contributed by atoms with Crippen molar-refractivity contribution in [2.45, 2.75) is 32.2 Å². The predicted molar refractivity (Wildman–Crippen MR) is 88.6 cm³/mol. The summed E-state index contributed by atoms with van der Waals surface area (Å²) in [5.41, 5.74) is 2.38. The summed E-state index contributed by atoms with van der Waals surface area (Å²) in [6, 6.07) is 6.63. The summed E-state index contributed by atoms with van der Waals surface area (Å²) in [5.74, 6) is -0.236. The molecule has 0 unspecified atom stereocenters. The molecule has 5 nitrogen and oxygen atoms in total. The highest BCUT2D eigenvalue weighted by molar-refractivity contribution is 7.89. The fraction of sp³-hybridized carbons (Fsp3) is 0.267. The standard InChI is InChI=1S/C15H18N2O3S2/c1-10-4-5-13(8-14(10)17-12(3)18)22(19,20)16-9-15-11(2)6-7-21-15/h4-8,16H,9H2,1-3H3,(H,17,18). The first-order chi connectivity index (χ1) is 10.3. The Hall–Kier alpha value is -1.70. The predicted octanol–water partition coefficient (Wildman–Crippen LogP) is 2.80. The SMILES string of the molecule is CC(=O)Nc1cc(S(=O)(=O)NCc2sccc2C)ccc1C. The number of anilines is 1. The van der Waals surface area contributed by atoms with E-state index in [0.29, 0.717) is 5.69 Å². The number of hydrogen-bond donors (Lipinski definition) is 2. The molecule has 22 heavy (non-hydrogen) atoms. The van der Waals surface area contributed by atoms with Crippen LogP contribution < -0.4 is 10.0 Å². The molecule has 2 aromatic rings. The minimum absolute atomic E-state index is 0.135. The van der Waals surface area contributed by atoms with Gasteiger partial charge in [-0.1, -0.05) is 6.07 Å². The van der Waals surface area contributed by atoms with Crippen molar-refractivity contribution >= 4 is 33.0 Å². The average Bonchev–Trinajstić information content (AvgIpc) is 2.84. The van der Waals surface area contributed by atoms with Crippen molar-refractivity contribution in [1.82, 2.24) is 4.72 Å². The van der Waals surface area contributed by atoms with Crippen LogP contribution >= 0.6 is 11.3 Å². The van der Waals surface area contributed by atoms with Crippen LogP contribution in [0.4, 0.5) is 5.69 Å². The highest BCUT2D eigenvalue weighted by Crippen LogP contribution is 2.21. The summed E-state index contributed by atoms with van der Waals surface area (Å²) < 4.78 is 27.3. The van der Waals surface area contributed by atoms with Gasteiger partial charge in [-0.2, -0.15) is 0 Å². The van der Waals surface area contributed by atoms with Crippen LogP contribution in [0, 0.1) is 13.8 Å². The van der Waals surface area contributed by atoms with Gasteiger partial charge in [0.25, 0.3) is 0 Å². The highest BCUT2D eigenvalue weighted by Gasteiger charge is 2.16. The Morgan fingerprint density at radius 3 is 2.50 bits per heavy atom. The molecule has 7 heteroatoms. The number of benzene rings is 1. The molecule has 0 radical (unpaired) electrons. The van der Waals surface area contributed by atoms with Gasteiger partial charge in [0, 0.05) is 24.0 Å². The summed E-state index contributed by atoms with van der Waals surface area (Å²) in [6.07, 6.45) is 0. The van der Waals surface area contributed by atoms with E-state index in [1.807, 2.05) is 25.3 Å². The summed E-state index contributed by atoms with van der Waals surface area (Å²) in [5, 5.41) is 4.57. The first-order valence-electron chi connectivity index (χ1n) is 6.70. The lowest BCUT2D eigenvalue weighted by molar-refractivity contribution is -0.114. The molecule has 1 aromatic heterocycles. The van der Waals surface area contributed by atoms with Crippen molar-refractivity contribution in [1.29, 1.82) is 0 Å². The number of carbonyl (C=O) groups excluding carboxylic acids is 1. The van der Waals surface area contributed by atoms with E-state index in [2.05, 4.69) is 10.0 Å². The van der Waals surface area contributed by atoms with Crippen molar-refractivity contribution < 1.29 is 13.2 Å². The Bertz CT molecular complexity index is 795. The largest absolute Gasteiger partial charge is 0.326 e. The fourth-order valence-electron chi connectivity index (χ4n) is 1.92. The Balaban J connectivity index is 2.22. The van der Waals surface area contributed by atoms with Crippen molar-refractivity contribution in [3.05, 3.63) is 45.6 Å². The van der Waals surface area contributed by atoms with Crippen molar-refractivity contribution in [2.24, 2.45) is 0 Å². The van der Waals surface area contributed by atoms with E-state index in [4.69, 9.17) is 0 Å². The Morgan fingerprint density at radius 1 is 1.18 bits per heavy atom. The molecule has 1 amide bonds. The molecule has 0 spiro atoms. The molecule has 0 saturated carbocycles. The van der Waals surface area contributed by atoms with Crippen molar-refractivity contribution in [2.75, 3.05) is 5.32 Å². The molecule has 0 saturated heterocycles. The number of amides is 1. The minimum atomic E-state index is -3.62. The second-order valence-electron chi connectivity index (χ2n) is 5.01. The van der Waals surface area contributed by atoms with E-state index >= 15 is 0 Å². The molecule has 0 atom stereocenters. The maximum Gasteiger partial charge on any atom is 0.240 e. The lowest BCUT2D eigenvalue weighted by Gasteiger charge is -2.11. The molecule has 0 aliphatic heterocycles. The van der Waals surface area contributed by atoms with E-state index < -0.39 is 10.0 Å². The van der Waals surface area contributed by atoms with Gasteiger partial charge < -0.3 is 5.32 Å². The monoisotopic (exact) mass is 338 g/mol. The van der Waals surface area contributed by atoms with E-state index in [9.17, 15) is 13.2 Å². The van der Waals surface area contributed by atoms with Gasteiger partial charge in [-0.25, -0.2) is 13.1 Å². The summed E-state index contributed by atoms with van der Waals surface area (Å²) in [6.45, 7) is 5.40. The van der Waals surface area contributed by atoms with Gasteiger partial charge >= 0.3 is 0 Å². The molecule has 1 aromatic carbocycles. The average molecular weight is 338 g/mol. The second kappa shape index (κ2) is 6.60. The van der Waals surface area contributed by atoms with E-state index in [1.165, 1.54) is 30.4 Å². The van der Waals surface area contributed by atoms with Crippen LogP contribution in [0.3, 0.4) is 0 Å². The van der Waals surface area contributed by atoms with Gasteiger partial charge in [0.2, 0.25) is 15.9 Å². The van der Waals surface area contributed by atoms with Gasteiger partial charge in [0.05, 0.1) is 4.90 Å². The molecule has 1 heterocycles. The number of nitrogens with one attached hydrogen (secondary N) is 2. The first kappa shape index (κ1) is 16.7. The molecule has 118 valence electrons. The maximum absolute atomic E-state index is 12.4. The molecule has 2 rings (SSSR count). The Labute approximate surface area is 134 Å². The third-order valence-corrected chi connectivity index (χ3v) is 5.64. The quantitative estimate of drug-likeness (QED) is 0.880. The number of rotatable bonds is 5. The lowest BCUT2D eigenvalue weighted by atomic mass is 10.2. The van der Waals surface area contributed by atoms with Crippen LogP contribution in [0.15, 0.2) is 34.5 Å². The van der Waals surface area contributed by atoms with E-state index in [1.54, 1.807) is 6.07 Å². The topological polar surface area (TPSA) is 75.3 Å². The van der Waals surface area contributed by atoms with Gasteiger partial charge in [-0.15, -0.1) is 11.3 Å². The summed E-state index contributed by atoms with van der Waals surface area (Å²) in [4.78, 5) is 12.3. The number of aryl methyl sites for hydroxylation is 2. The molecule has 0 aliphatic rings. The molecule has 0 aliphatic carbocycles. The maximum atomic E-state index is 12.4. The van der Waals surface area contributed by atoms with E-state index in [-0.39, 0.29) is 17.3 Å². The number of sulfonamides is 1. The van der Waals surface area contributed by atoms with Crippen LogP contribution in [0.25, 0.3) is 0 Å². The molecule has 2 N–H and O–H groups in total. The number of hydrogen-bond acceptors (Lipinski definition) is 4. The highest BCUT2D eigenvalue weighted by atomic mass is 32.2. The van der Waals surface area contributed by atoms with Crippen LogP contribution in [-0.4, -0.2) is 14.3 Å². The second-order valence-corrected chi connectivity index (χ2v) is 7.78. The third-order valence-electron chi connectivity index (χ3n) is 3.22. The molecule has 0 fully saturated rings. The summed E-state index contributed by atoms with van der Waals surface area (Å²) >= 11 is 1.52. The van der Waals surface area contributed by atoms with Gasteiger partial charge in [-0.05, 0) is 48.6 Å². The third kappa shape index (κ3) is 3.94. The van der Waals surface area contributed by atoms with Gasteiger partial charge in [-0.3, -0.25) is 4.79 Å². The van der Waals surface area contributed by atoms with Crippen molar-refractivity contribution in [3.8, 4) is 0 Å². The van der Waals surface area contributed by atoms with E-state index in [0.717, 1.165) is 16.0 Å². The Kier molecular flexibility index (Phi) is 5.00. The van der Waals surface area contributed by atoms with Gasteiger partial charge in [0.15, 0.2) is 0 Å². The number of carbonyl (C=O) groups is 1. The summed E-state index contributed by atoms with van der Waals surface area (Å²) in [7, 11) is -3.62. The molecule has 0 bridgehead atoms. The minimum Gasteiger partial charge on any atom is -0.326 e. The van der Waals surface area contributed by atoms with Crippen LogP contribution in [-0.2, 0) is 21.4 Å².